The van der Waals surface area contributed by atoms with Crippen molar-refractivity contribution in [1.82, 2.24) is 5.32 Å². The van der Waals surface area contributed by atoms with E-state index in [4.69, 9.17) is 0 Å². The van der Waals surface area contributed by atoms with Gasteiger partial charge in [0.1, 0.15) is 0 Å². The van der Waals surface area contributed by atoms with Crippen molar-refractivity contribution < 1.29 is 4.79 Å². The van der Waals surface area contributed by atoms with Crippen LogP contribution in [0, 0.1) is 23.7 Å². The van der Waals surface area contributed by atoms with E-state index < -0.39 is 0 Å². The van der Waals surface area contributed by atoms with E-state index in [9.17, 15) is 4.79 Å². The van der Waals surface area contributed by atoms with Gasteiger partial charge in [-0.15, -0.1) is 0 Å². The highest BCUT2D eigenvalue weighted by atomic mass is 32.2. The van der Waals surface area contributed by atoms with Crippen molar-refractivity contribution in [1.29, 1.82) is 0 Å². The quantitative estimate of drug-likeness (QED) is 0.798. The molecule has 0 radical (unpaired) electrons. The topological polar surface area (TPSA) is 29.1 Å². The van der Waals surface area contributed by atoms with Crippen LogP contribution in [-0.4, -0.2) is 21.9 Å². The van der Waals surface area contributed by atoms with E-state index in [-0.39, 0.29) is 5.91 Å². The maximum absolute atomic E-state index is 11.5. The van der Waals surface area contributed by atoms with Gasteiger partial charge in [0.2, 0.25) is 5.91 Å². The fourth-order valence-corrected chi connectivity index (χ4v) is 5.52. The number of amides is 1. The molecule has 124 valence electrons. The van der Waals surface area contributed by atoms with E-state index in [1.807, 2.05) is 0 Å². The molecule has 1 fully saturated rings. The van der Waals surface area contributed by atoms with Gasteiger partial charge in [-0.1, -0.05) is 48.5 Å². The Kier molecular flexibility index (Phi) is 6.64. The first-order valence-electron chi connectivity index (χ1n) is 8.46. The van der Waals surface area contributed by atoms with Crippen molar-refractivity contribution in [3.63, 3.8) is 0 Å². The molecular formula is C18H35NOS. The third-order valence-corrected chi connectivity index (χ3v) is 6.60. The molecule has 0 aromatic heterocycles. The zero-order valence-electron chi connectivity index (χ0n) is 15.2. The Morgan fingerprint density at radius 1 is 0.952 bits per heavy atom. The number of hydrogen-bond donors (Lipinski definition) is 1. The molecule has 21 heavy (non-hydrogen) atoms. The molecule has 0 aromatic carbocycles. The number of thioether (sulfide) groups is 1. The van der Waals surface area contributed by atoms with Gasteiger partial charge in [-0.05, 0) is 36.5 Å². The van der Waals surface area contributed by atoms with Gasteiger partial charge in [0.15, 0.2) is 0 Å². The molecule has 4 unspecified atom stereocenters. The molecule has 0 bridgehead atoms. The predicted octanol–water partition coefficient (Wildman–Crippen LogP) is 4.73. The number of carbonyl (C=O) groups is 1. The molecule has 0 aromatic rings. The van der Waals surface area contributed by atoms with E-state index in [1.54, 1.807) is 6.92 Å². The summed E-state index contributed by atoms with van der Waals surface area (Å²) < 4.78 is 0.315. The van der Waals surface area contributed by atoms with E-state index in [0.29, 0.717) is 39.7 Å². The first kappa shape index (κ1) is 18.9. The Labute approximate surface area is 136 Å². The van der Waals surface area contributed by atoms with Gasteiger partial charge in [0.25, 0.3) is 0 Å². The largest absolute Gasteiger partial charge is 0.353 e. The van der Waals surface area contributed by atoms with Gasteiger partial charge in [0.05, 0.1) is 0 Å². The van der Waals surface area contributed by atoms with E-state index >= 15 is 0 Å². The summed E-state index contributed by atoms with van der Waals surface area (Å²) >= 11 is 2.15. The summed E-state index contributed by atoms with van der Waals surface area (Å²) in [5.41, 5.74) is 0. The zero-order valence-corrected chi connectivity index (χ0v) is 16.0. The Morgan fingerprint density at radius 2 is 1.38 bits per heavy atom. The lowest BCUT2D eigenvalue weighted by molar-refractivity contribution is -0.120. The Balaban J connectivity index is 2.88. The Hall–Kier alpha value is -0.180. The lowest BCUT2D eigenvalue weighted by Gasteiger charge is -2.42. The van der Waals surface area contributed by atoms with E-state index in [1.165, 1.54) is 12.8 Å². The van der Waals surface area contributed by atoms with Crippen LogP contribution in [0.5, 0.6) is 0 Å². The molecule has 4 atom stereocenters. The van der Waals surface area contributed by atoms with E-state index in [2.05, 4.69) is 65.5 Å². The highest BCUT2D eigenvalue weighted by Gasteiger charge is 2.37. The van der Waals surface area contributed by atoms with Crippen molar-refractivity contribution in [2.75, 3.05) is 0 Å². The fraction of sp³-hybridized carbons (Fsp3) is 0.944. The standard InChI is InChI=1S/C18H35NOS/c1-11-9-13(3)17(21-18(6,7)8)14(4)10-12(2)16(11)19-15(5)20/h11-14,16-17H,9-10H2,1-8H3,(H,19,20). The Bertz CT molecular complexity index is 332. The third kappa shape index (κ3) is 5.84. The van der Waals surface area contributed by atoms with Gasteiger partial charge >= 0.3 is 0 Å². The van der Waals surface area contributed by atoms with Crippen molar-refractivity contribution in [2.24, 2.45) is 23.7 Å². The number of rotatable bonds is 2. The van der Waals surface area contributed by atoms with Gasteiger partial charge in [-0.25, -0.2) is 0 Å². The molecule has 1 rings (SSSR count). The summed E-state index contributed by atoms with van der Waals surface area (Å²) in [5.74, 6) is 2.61. The molecule has 1 amide bonds. The van der Waals surface area contributed by atoms with Crippen LogP contribution < -0.4 is 5.32 Å². The van der Waals surface area contributed by atoms with Crippen LogP contribution in [0.25, 0.3) is 0 Å². The van der Waals surface area contributed by atoms with Crippen molar-refractivity contribution in [2.45, 2.75) is 84.3 Å². The summed E-state index contributed by atoms with van der Waals surface area (Å²) in [5, 5.41) is 3.92. The van der Waals surface area contributed by atoms with Crippen LogP contribution in [0.1, 0.15) is 68.2 Å². The number of nitrogens with one attached hydrogen (secondary N) is 1. The van der Waals surface area contributed by atoms with E-state index in [0.717, 1.165) is 0 Å². The highest BCUT2D eigenvalue weighted by molar-refractivity contribution is 8.01. The lowest BCUT2D eigenvalue weighted by Crippen LogP contribution is -2.47. The summed E-state index contributed by atoms with van der Waals surface area (Å²) in [6.45, 7) is 18.0. The SMILES string of the molecule is CC(=O)NC1C(C)CC(C)C(SC(C)(C)C)C(C)CC1C. The third-order valence-electron chi connectivity index (χ3n) is 4.69. The minimum absolute atomic E-state index is 0.111. The van der Waals surface area contributed by atoms with Crippen LogP contribution >= 0.6 is 11.8 Å². The molecule has 1 aliphatic rings. The van der Waals surface area contributed by atoms with Crippen molar-refractivity contribution >= 4 is 17.7 Å². The normalized spacial score (nSPS) is 38.5. The molecule has 0 spiro atoms. The first-order valence-corrected chi connectivity index (χ1v) is 9.34. The van der Waals surface area contributed by atoms with Crippen LogP contribution in [0.15, 0.2) is 0 Å². The first-order chi connectivity index (χ1) is 9.51. The van der Waals surface area contributed by atoms with Crippen molar-refractivity contribution in [3.8, 4) is 0 Å². The average molecular weight is 314 g/mol. The summed E-state index contributed by atoms with van der Waals surface area (Å²) in [6.07, 6.45) is 2.40. The monoisotopic (exact) mass is 313 g/mol. The minimum atomic E-state index is 0.111. The summed E-state index contributed by atoms with van der Waals surface area (Å²) in [7, 11) is 0. The molecule has 0 heterocycles. The second-order valence-electron chi connectivity index (χ2n) is 8.30. The molecule has 1 N–H and O–H groups in total. The Morgan fingerprint density at radius 3 is 1.71 bits per heavy atom. The molecule has 2 nitrogen and oxygen atoms in total. The van der Waals surface area contributed by atoms with Gasteiger partial charge in [-0.2, -0.15) is 11.8 Å². The summed E-state index contributed by atoms with van der Waals surface area (Å²) in [6, 6.07) is 0.327. The molecule has 1 aliphatic carbocycles. The number of carbonyl (C=O) groups excluding carboxylic acids is 1. The second kappa shape index (κ2) is 7.39. The van der Waals surface area contributed by atoms with Crippen LogP contribution in [0.2, 0.25) is 0 Å². The zero-order chi connectivity index (χ0) is 16.4. The van der Waals surface area contributed by atoms with Crippen LogP contribution in [-0.2, 0) is 4.79 Å². The van der Waals surface area contributed by atoms with Gasteiger partial charge in [0, 0.05) is 23.0 Å². The number of hydrogen-bond acceptors (Lipinski definition) is 2. The molecule has 1 saturated carbocycles. The average Bonchev–Trinajstić information content (AvgIpc) is 2.30. The molecule has 3 heteroatoms. The van der Waals surface area contributed by atoms with Gasteiger partial charge in [-0.3, -0.25) is 4.79 Å². The summed E-state index contributed by atoms with van der Waals surface area (Å²) in [4.78, 5) is 11.5. The predicted molar refractivity (Wildman–Crippen MR) is 94.6 cm³/mol. The maximum atomic E-state index is 11.5. The minimum Gasteiger partial charge on any atom is -0.353 e. The highest BCUT2D eigenvalue weighted by Crippen LogP contribution is 2.43. The van der Waals surface area contributed by atoms with Crippen LogP contribution in [0.4, 0.5) is 0 Å². The molecule has 0 saturated heterocycles. The lowest BCUT2D eigenvalue weighted by atomic mass is 9.74. The van der Waals surface area contributed by atoms with Crippen LogP contribution in [0.3, 0.4) is 0 Å². The smallest absolute Gasteiger partial charge is 0.217 e. The molecular weight excluding hydrogens is 278 g/mol. The van der Waals surface area contributed by atoms with Crippen molar-refractivity contribution in [3.05, 3.63) is 0 Å². The van der Waals surface area contributed by atoms with Gasteiger partial charge < -0.3 is 5.32 Å². The second-order valence-corrected chi connectivity index (χ2v) is 10.3. The maximum Gasteiger partial charge on any atom is 0.217 e. The molecule has 0 aliphatic heterocycles. The fourth-order valence-electron chi connectivity index (χ4n) is 4.02.